The number of ether oxygens (including phenoxy) is 2. The molecule has 1 aliphatic heterocycles. The van der Waals surface area contributed by atoms with Crippen LogP contribution in [0.15, 0.2) is 23.0 Å². The summed E-state index contributed by atoms with van der Waals surface area (Å²) in [6.07, 6.45) is 2.16. The summed E-state index contributed by atoms with van der Waals surface area (Å²) in [5, 5.41) is 0.546. The Bertz CT molecular complexity index is 690. The minimum atomic E-state index is -0.136. The summed E-state index contributed by atoms with van der Waals surface area (Å²) >= 11 is 0. The lowest BCUT2D eigenvalue weighted by atomic mass is 10.1. The highest BCUT2D eigenvalue weighted by Crippen LogP contribution is 2.24. The average Bonchev–Trinajstić information content (AvgIpc) is 2.54. The fourth-order valence-electron chi connectivity index (χ4n) is 2.74. The van der Waals surface area contributed by atoms with E-state index in [0.29, 0.717) is 28.7 Å². The molecule has 112 valence electrons. The van der Waals surface area contributed by atoms with Gasteiger partial charge in [-0.3, -0.25) is 9.78 Å². The molecule has 0 bridgehead atoms. The van der Waals surface area contributed by atoms with Crippen molar-refractivity contribution in [2.45, 2.75) is 18.9 Å². The molecule has 1 aliphatic rings. The van der Waals surface area contributed by atoms with Crippen LogP contribution >= 0.6 is 0 Å². The molecule has 21 heavy (non-hydrogen) atoms. The van der Waals surface area contributed by atoms with Crippen LogP contribution in [-0.4, -0.2) is 43.4 Å². The molecule has 1 fully saturated rings. The number of hydrogen-bond acceptors (Lipinski definition) is 5. The monoisotopic (exact) mass is 289 g/mol. The fraction of sp³-hybridized carbons (Fsp3) is 0.467. The molecule has 1 aromatic carbocycles. The molecule has 0 saturated carbocycles. The van der Waals surface area contributed by atoms with E-state index in [1.54, 1.807) is 26.4 Å². The van der Waals surface area contributed by atoms with Gasteiger partial charge in [-0.2, -0.15) is 0 Å². The molecular weight excluding hydrogens is 270 g/mol. The molecule has 0 aliphatic carbocycles. The predicted octanol–water partition coefficient (Wildman–Crippen LogP) is 1.55. The van der Waals surface area contributed by atoms with Crippen LogP contribution in [0, 0.1) is 0 Å². The first-order valence-electron chi connectivity index (χ1n) is 7.07. The number of nitrogens with zero attached hydrogens (tertiary/aromatic N) is 2. The van der Waals surface area contributed by atoms with E-state index in [9.17, 15) is 4.79 Å². The number of para-hydroxylation sites is 1. The van der Waals surface area contributed by atoms with Crippen LogP contribution in [0.1, 0.15) is 12.8 Å². The van der Waals surface area contributed by atoms with Crippen molar-refractivity contribution in [3.63, 3.8) is 0 Å². The highest BCUT2D eigenvalue weighted by atomic mass is 16.5. The molecule has 1 aromatic heterocycles. The lowest BCUT2D eigenvalue weighted by molar-refractivity contribution is 0.0816. The first-order valence-corrected chi connectivity index (χ1v) is 7.07. The van der Waals surface area contributed by atoms with Crippen molar-refractivity contribution >= 4 is 16.9 Å². The standard InChI is InChI=1S/C15H19N3O3/c1-20-10-6-8-18(9-7-10)15-16-13-11(14(19)17-15)4-3-5-12(13)21-2/h3-5,10H,6-9H2,1-2H3,(H,16,17,19). The van der Waals surface area contributed by atoms with Crippen molar-refractivity contribution in [3.8, 4) is 5.75 Å². The Morgan fingerprint density at radius 2 is 2.05 bits per heavy atom. The number of methoxy groups -OCH3 is 2. The van der Waals surface area contributed by atoms with Gasteiger partial charge in [0, 0.05) is 20.2 Å². The molecule has 2 heterocycles. The van der Waals surface area contributed by atoms with Crippen LogP contribution in [0.5, 0.6) is 5.75 Å². The van der Waals surface area contributed by atoms with Crippen molar-refractivity contribution < 1.29 is 9.47 Å². The molecule has 0 spiro atoms. The van der Waals surface area contributed by atoms with Gasteiger partial charge in [0.05, 0.1) is 18.6 Å². The van der Waals surface area contributed by atoms with Gasteiger partial charge in [0.2, 0.25) is 5.95 Å². The Kier molecular flexibility index (Phi) is 3.79. The number of nitrogens with one attached hydrogen (secondary N) is 1. The van der Waals surface area contributed by atoms with Crippen molar-refractivity contribution in [1.82, 2.24) is 9.97 Å². The molecule has 2 aromatic rings. The number of aromatic nitrogens is 2. The first-order chi connectivity index (χ1) is 10.2. The second-order valence-corrected chi connectivity index (χ2v) is 5.17. The maximum Gasteiger partial charge on any atom is 0.260 e. The van der Waals surface area contributed by atoms with Crippen molar-refractivity contribution in [1.29, 1.82) is 0 Å². The van der Waals surface area contributed by atoms with E-state index in [2.05, 4.69) is 14.9 Å². The zero-order valence-electron chi connectivity index (χ0n) is 12.3. The molecule has 0 atom stereocenters. The molecule has 6 nitrogen and oxygen atoms in total. The number of piperidine rings is 1. The highest BCUT2D eigenvalue weighted by Gasteiger charge is 2.21. The largest absolute Gasteiger partial charge is 0.494 e. The Balaban J connectivity index is 1.99. The van der Waals surface area contributed by atoms with Crippen LogP contribution < -0.4 is 15.2 Å². The lowest BCUT2D eigenvalue weighted by Crippen LogP contribution is -2.38. The van der Waals surface area contributed by atoms with Gasteiger partial charge in [-0.15, -0.1) is 0 Å². The Morgan fingerprint density at radius 1 is 1.29 bits per heavy atom. The van der Waals surface area contributed by atoms with Gasteiger partial charge < -0.3 is 14.4 Å². The first kappa shape index (κ1) is 13.9. The quantitative estimate of drug-likeness (QED) is 0.928. The van der Waals surface area contributed by atoms with E-state index < -0.39 is 0 Å². The molecule has 3 rings (SSSR count). The minimum absolute atomic E-state index is 0.136. The second kappa shape index (κ2) is 5.73. The van der Waals surface area contributed by atoms with Gasteiger partial charge in [0.15, 0.2) is 0 Å². The number of fused-ring (bicyclic) bond motifs is 1. The third-order valence-electron chi connectivity index (χ3n) is 3.98. The van der Waals surface area contributed by atoms with Crippen molar-refractivity contribution in [2.24, 2.45) is 0 Å². The van der Waals surface area contributed by atoms with Crippen LogP contribution in [0.2, 0.25) is 0 Å². The number of hydrogen-bond donors (Lipinski definition) is 1. The van der Waals surface area contributed by atoms with Gasteiger partial charge in [-0.25, -0.2) is 4.98 Å². The summed E-state index contributed by atoms with van der Waals surface area (Å²) < 4.78 is 10.7. The topological polar surface area (TPSA) is 67.5 Å². The smallest absolute Gasteiger partial charge is 0.260 e. The molecular formula is C15H19N3O3. The number of benzene rings is 1. The van der Waals surface area contributed by atoms with Gasteiger partial charge in [-0.05, 0) is 25.0 Å². The van der Waals surface area contributed by atoms with Crippen molar-refractivity contribution in [3.05, 3.63) is 28.6 Å². The van der Waals surface area contributed by atoms with E-state index >= 15 is 0 Å². The summed E-state index contributed by atoms with van der Waals surface area (Å²) in [5.74, 6) is 1.22. The average molecular weight is 289 g/mol. The molecule has 0 unspecified atom stereocenters. The van der Waals surface area contributed by atoms with E-state index in [1.807, 2.05) is 6.07 Å². The molecule has 0 radical (unpaired) electrons. The summed E-state index contributed by atoms with van der Waals surface area (Å²) in [6, 6.07) is 5.36. The Hall–Kier alpha value is -2.08. The van der Waals surface area contributed by atoms with Crippen molar-refractivity contribution in [2.75, 3.05) is 32.2 Å². The van der Waals surface area contributed by atoms with Crippen LogP contribution in [0.4, 0.5) is 5.95 Å². The van der Waals surface area contributed by atoms with E-state index in [-0.39, 0.29) is 5.56 Å². The molecule has 6 heteroatoms. The minimum Gasteiger partial charge on any atom is -0.494 e. The molecule has 0 amide bonds. The summed E-state index contributed by atoms with van der Waals surface area (Å²) in [5.41, 5.74) is 0.468. The third-order valence-corrected chi connectivity index (χ3v) is 3.98. The van der Waals surface area contributed by atoms with E-state index in [0.717, 1.165) is 25.9 Å². The maximum atomic E-state index is 12.2. The summed E-state index contributed by atoms with van der Waals surface area (Å²) in [7, 11) is 3.32. The lowest BCUT2D eigenvalue weighted by Gasteiger charge is -2.31. The summed E-state index contributed by atoms with van der Waals surface area (Å²) in [6.45, 7) is 1.64. The van der Waals surface area contributed by atoms with E-state index in [1.165, 1.54) is 0 Å². The van der Waals surface area contributed by atoms with Gasteiger partial charge in [0.1, 0.15) is 11.3 Å². The van der Waals surface area contributed by atoms with Crippen LogP contribution in [0.25, 0.3) is 10.9 Å². The van der Waals surface area contributed by atoms with Gasteiger partial charge >= 0.3 is 0 Å². The molecule has 1 N–H and O–H groups in total. The normalized spacial score (nSPS) is 16.4. The SMILES string of the molecule is COc1cccc2c(=O)[nH]c(N3CCC(OC)CC3)nc12. The number of anilines is 1. The highest BCUT2D eigenvalue weighted by molar-refractivity contribution is 5.84. The molecule has 1 saturated heterocycles. The van der Waals surface area contributed by atoms with Crippen LogP contribution in [0.3, 0.4) is 0 Å². The Labute approximate surface area is 122 Å². The van der Waals surface area contributed by atoms with Gasteiger partial charge in [-0.1, -0.05) is 6.07 Å². The predicted molar refractivity (Wildman–Crippen MR) is 81.2 cm³/mol. The van der Waals surface area contributed by atoms with Crippen LogP contribution in [-0.2, 0) is 4.74 Å². The Morgan fingerprint density at radius 3 is 2.71 bits per heavy atom. The third kappa shape index (κ3) is 2.58. The number of rotatable bonds is 3. The second-order valence-electron chi connectivity index (χ2n) is 5.17. The van der Waals surface area contributed by atoms with E-state index in [4.69, 9.17) is 9.47 Å². The zero-order valence-corrected chi connectivity index (χ0v) is 12.3. The zero-order chi connectivity index (χ0) is 14.8. The summed E-state index contributed by atoms with van der Waals surface area (Å²) in [4.78, 5) is 21.8. The maximum absolute atomic E-state index is 12.2. The number of aromatic amines is 1. The van der Waals surface area contributed by atoms with Gasteiger partial charge in [0.25, 0.3) is 5.56 Å². The number of H-pyrrole nitrogens is 1. The fourth-order valence-corrected chi connectivity index (χ4v) is 2.74.